The molecule has 0 aliphatic heterocycles. The highest BCUT2D eigenvalue weighted by Crippen LogP contribution is 2.31. The summed E-state index contributed by atoms with van der Waals surface area (Å²) in [5.41, 5.74) is 0.605. The number of methoxy groups -OCH3 is 2. The summed E-state index contributed by atoms with van der Waals surface area (Å²) in [5, 5.41) is 2.65. The van der Waals surface area contributed by atoms with E-state index in [0.29, 0.717) is 22.9 Å². The number of hydrogen-bond donors (Lipinski definition) is 2. The number of sulfonamides is 1. The van der Waals surface area contributed by atoms with Crippen LogP contribution in [0.4, 0.5) is 15.8 Å². The summed E-state index contributed by atoms with van der Waals surface area (Å²) in [7, 11) is -1.03. The third-order valence-corrected chi connectivity index (χ3v) is 5.96. The molecule has 3 rings (SSSR count). The van der Waals surface area contributed by atoms with Gasteiger partial charge in [-0.3, -0.25) is 9.52 Å². The zero-order chi connectivity index (χ0) is 24.0. The number of ether oxygens (including phenoxy) is 3. The van der Waals surface area contributed by atoms with Crippen LogP contribution in [0.15, 0.2) is 71.6 Å². The molecule has 0 aromatic heterocycles. The van der Waals surface area contributed by atoms with Crippen molar-refractivity contribution in [1.82, 2.24) is 0 Å². The largest absolute Gasteiger partial charge is 0.497 e. The minimum atomic E-state index is -3.93. The number of anilines is 2. The van der Waals surface area contributed by atoms with Crippen LogP contribution in [0.25, 0.3) is 0 Å². The predicted molar refractivity (Wildman–Crippen MR) is 122 cm³/mol. The SMILES string of the molecule is COc1ccc(OC)c(NS(=O)(=O)c2ccc(NC(=O)C(C)Oc3ccc(F)cc3)cc2)c1. The van der Waals surface area contributed by atoms with Crippen molar-refractivity contribution in [2.24, 2.45) is 0 Å². The number of carbonyl (C=O) groups excluding carboxylic acids is 1. The van der Waals surface area contributed by atoms with E-state index in [1.165, 1.54) is 68.8 Å². The monoisotopic (exact) mass is 474 g/mol. The van der Waals surface area contributed by atoms with Gasteiger partial charge in [-0.15, -0.1) is 0 Å². The van der Waals surface area contributed by atoms with E-state index in [9.17, 15) is 17.6 Å². The molecule has 10 heteroatoms. The van der Waals surface area contributed by atoms with Crippen molar-refractivity contribution in [1.29, 1.82) is 0 Å². The molecule has 33 heavy (non-hydrogen) atoms. The van der Waals surface area contributed by atoms with Gasteiger partial charge in [0.2, 0.25) is 0 Å². The molecule has 1 amide bonds. The van der Waals surface area contributed by atoms with E-state index in [4.69, 9.17) is 14.2 Å². The first-order valence-electron chi connectivity index (χ1n) is 9.80. The zero-order valence-electron chi connectivity index (χ0n) is 18.2. The topological polar surface area (TPSA) is 103 Å². The molecule has 0 heterocycles. The first-order chi connectivity index (χ1) is 15.7. The maximum Gasteiger partial charge on any atom is 0.265 e. The van der Waals surface area contributed by atoms with Gasteiger partial charge in [0, 0.05) is 11.8 Å². The van der Waals surface area contributed by atoms with Gasteiger partial charge in [-0.1, -0.05) is 0 Å². The van der Waals surface area contributed by atoms with Gasteiger partial charge in [0.1, 0.15) is 23.1 Å². The lowest BCUT2D eigenvalue weighted by Crippen LogP contribution is -2.30. The third-order valence-electron chi connectivity index (χ3n) is 4.58. The van der Waals surface area contributed by atoms with Gasteiger partial charge in [-0.25, -0.2) is 12.8 Å². The molecule has 3 aromatic carbocycles. The van der Waals surface area contributed by atoms with Crippen LogP contribution in [-0.2, 0) is 14.8 Å². The predicted octanol–water partition coefficient (Wildman–Crippen LogP) is 4.05. The summed E-state index contributed by atoms with van der Waals surface area (Å²) < 4.78 is 56.9. The second-order valence-electron chi connectivity index (χ2n) is 6.90. The third kappa shape index (κ3) is 6.13. The summed E-state index contributed by atoms with van der Waals surface area (Å²) in [6.07, 6.45) is -0.860. The van der Waals surface area contributed by atoms with Crippen LogP contribution in [0.2, 0.25) is 0 Å². The number of rotatable bonds is 9. The molecular formula is C23H23FN2O6S. The Balaban J connectivity index is 1.67. The van der Waals surface area contributed by atoms with Gasteiger partial charge in [0.05, 0.1) is 24.8 Å². The zero-order valence-corrected chi connectivity index (χ0v) is 19.0. The fourth-order valence-electron chi connectivity index (χ4n) is 2.83. The highest BCUT2D eigenvalue weighted by atomic mass is 32.2. The molecule has 0 aliphatic rings. The number of hydrogen-bond acceptors (Lipinski definition) is 6. The molecule has 2 N–H and O–H groups in total. The summed E-state index contributed by atoms with van der Waals surface area (Å²) in [5.74, 6) is 0.282. The molecule has 0 fully saturated rings. The Kier molecular flexibility index (Phi) is 7.39. The highest BCUT2D eigenvalue weighted by Gasteiger charge is 2.19. The maximum absolute atomic E-state index is 13.0. The number of benzene rings is 3. The summed E-state index contributed by atoms with van der Waals surface area (Å²) in [6.45, 7) is 1.54. The molecule has 0 saturated heterocycles. The number of amides is 1. The average molecular weight is 475 g/mol. The van der Waals surface area contributed by atoms with E-state index in [0.717, 1.165) is 0 Å². The van der Waals surface area contributed by atoms with Crippen molar-refractivity contribution in [3.8, 4) is 17.2 Å². The molecule has 0 bridgehead atoms. The van der Waals surface area contributed by atoms with Crippen molar-refractivity contribution in [2.45, 2.75) is 17.9 Å². The van der Waals surface area contributed by atoms with Gasteiger partial charge >= 0.3 is 0 Å². The fourth-order valence-corrected chi connectivity index (χ4v) is 3.89. The number of nitrogens with one attached hydrogen (secondary N) is 2. The van der Waals surface area contributed by atoms with Gasteiger partial charge in [0.15, 0.2) is 6.10 Å². The Hall–Kier alpha value is -3.79. The van der Waals surface area contributed by atoms with Crippen LogP contribution >= 0.6 is 0 Å². The Morgan fingerprint density at radius 1 is 0.909 bits per heavy atom. The van der Waals surface area contributed by atoms with E-state index in [2.05, 4.69) is 10.0 Å². The van der Waals surface area contributed by atoms with Crippen LogP contribution in [0.1, 0.15) is 6.92 Å². The lowest BCUT2D eigenvalue weighted by molar-refractivity contribution is -0.122. The smallest absolute Gasteiger partial charge is 0.265 e. The average Bonchev–Trinajstić information content (AvgIpc) is 2.80. The van der Waals surface area contributed by atoms with Gasteiger partial charge in [-0.2, -0.15) is 0 Å². The Morgan fingerprint density at radius 2 is 1.55 bits per heavy atom. The normalized spacial score (nSPS) is 11.9. The summed E-state index contributed by atoms with van der Waals surface area (Å²) in [6, 6.07) is 15.7. The second-order valence-corrected chi connectivity index (χ2v) is 8.58. The van der Waals surface area contributed by atoms with Crippen molar-refractivity contribution in [2.75, 3.05) is 24.3 Å². The van der Waals surface area contributed by atoms with Crippen molar-refractivity contribution >= 4 is 27.3 Å². The first-order valence-corrected chi connectivity index (χ1v) is 11.3. The molecule has 0 aliphatic carbocycles. The van der Waals surface area contributed by atoms with E-state index >= 15 is 0 Å². The van der Waals surface area contributed by atoms with Gasteiger partial charge in [0.25, 0.3) is 15.9 Å². The standard InChI is InChI=1S/C23H23FN2O6S/c1-15(32-18-8-4-16(24)5-9-18)23(27)25-17-6-11-20(12-7-17)33(28,29)26-21-14-19(30-2)10-13-22(21)31-3/h4-15,26H,1-3H3,(H,25,27). The van der Waals surface area contributed by atoms with E-state index in [1.807, 2.05) is 0 Å². The summed E-state index contributed by atoms with van der Waals surface area (Å²) >= 11 is 0. The van der Waals surface area contributed by atoms with E-state index < -0.39 is 27.9 Å². The second kappa shape index (κ2) is 10.2. The van der Waals surface area contributed by atoms with Gasteiger partial charge in [-0.05, 0) is 67.6 Å². The molecule has 0 saturated carbocycles. The minimum absolute atomic E-state index is 0.0130. The van der Waals surface area contributed by atoms with Crippen molar-refractivity contribution in [3.63, 3.8) is 0 Å². The lowest BCUT2D eigenvalue weighted by Gasteiger charge is -2.15. The maximum atomic E-state index is 13.0. The Bertz CT molecular complexity index is 1210. The number of carbonyl (C=O) groups is 1. The summed E-state index contributed by atoms with van der Waals surface area (Å²) in [4.78, 5) is 12.4. The molecule has 0 radical (unpaired) electrons. The fraction of sp³-hybridized carbons (Fsp3) is 0.174. The van der Waals surface area contributed by atoms with Crippen LogP contribution in [0.3, 0.4) is 0 Å². The highest BCUT2D eigenvalue weighted by molar-refractivity contribution is 7.92. The molecule has 174 valence electrons. The quantitative estimate of drug-likeness (QED) is 0.485. The molecule has 1 unspecified atom stereocenters. The Morgan fingerprint density at radius 3 is 2.15 bits per heavy atom. The van der Waals surface area contributed by atoms with Crippen molar-refractivity contribution in [3.05, 3.63) is 72.5 Å². The molecular weight excluding hydrogens is 451 g/mol. The number of halogens is 1. The van der Waals surface area contributed by atoms with Crippen LogP contribution in [-0.4, -0.2) is 34.6 Å². The van der Waals surface area contributed by atoms with Crippen LogP contribution in [0, 0.1) is 5.82 Å². The van der Waals surface area contributed by atoms with E-state index in [1.54, 1.807) is 19.1 Å². The molecule has 0 spiro atoms. The molecule has 8 nitrogen and oxygen atoms in total. The Labute approximate surface area is 191 Å². The molecule has 3 aromatic rings. The van der Waals surface area contributed by atoms with Crippen LogP contribution < -0.4 is 24.2 Å². The van der Waals surface area contributed by atoms with Gasteiger partial charge < -0.3 is 19.5 Å². The minimum Gasteiger partial charge on any atom is -0.497 e. The van der Waals surface area contributed by atoms with E-state index in [-0.39, 0.29) is 10.6 Å². The first kappa shape index (κ1) is 23.9. The molecule has 1 atom stereocenters. The van der Waals surface area contributed by atoms with Crippen LogP contribution in [0.5, 0.6) is 17.2 Å². The van der Waals surface area contributed by atoms with Crippen molar-refractivity contribution < 1.29 is 31.8 Å². The lowest BCUT2D eigenvalue weighted by atomic mass is 10.3.